The summed E-state index contributed by atoms with van der Waals surface area (Å²) in [4.78, 5) is 32.6. The van der Waals surface area contributed by atoms with Gasteiger partial charge < -0.3 is 28.5 Å². The van der Waals surface area contributed by atoms with Gasteiger partial charge in [0.25, 0.3) is 0 Å². The second-order valence-electron chi connectivity index (χ2n) is 10.6. The lowest BCUT2D eigenvalue weighted by Gasteiger charge is -2.33. The standard InChI is InChI=1S/C30H33N3O8S/c1-18-23-24(34)26(30(29(35)36)9-14-39-15-10-30)32-33(28(23)42-25(18)27-31-11-16-40-27)17-22(41-19-7-12-38-13-8-19)20-5-3-4-6-21(20)37-2/h3-6,11,16,19,22H,7-10,12-15,17H2,1-2H3,(H,35,36)/t22-/m1/s1. The Kier molecular flexibility index (Phi) is 8.13. The highest BCUT2D eigenvalue weighted by atomic mass is 32.1. The lowest BCUT2D eigenvalue weighted by Crippen LogP contribution is -2.46. The third kappa shape index (κ3) is 5.13. The van der Waals surface area contributed by atoms with Gasteiger partial charge in [-0.1, -0.05) is 18.2 Å². The highest BCUT2D eigenvalue weighted by Gasteiger charge is 2.46. The monoisotopic (exact) mass is 595 g/mol. The van der Waals surface area contributed by atoms with Gasteiger partial charge >= 0.3 is 5.97 Å². The first-order chi connectivity index (χ1) is 20.4. The molecule has 42 heavy (non-hydrogen) atoms. The molecule has 2 aliphatic rings. The number of thiophene rings is 1. The fourth-order valence-corrected chi connectivity index (χ4v) is 7.08. The molecule has 1 N–H and O–H groups in total. The number of carboxylic acids is 1. The molecule has 0 spiro atoms. The number of hydrogen-bond donors (Lipinski definition) is 1. The molecule has 3 aromatic heterocycles. The molecule has 5 heterocycles. The van der Waals surface area contributed by atoms with Gasteiger partial charge in [-0.25, -0.2) is 4.98 Å². The number of oxazole rings is 1. The third-order valence-electron chi connectivity index (χ3n) is 8.21. The smallest absolute Gasteiger partial charge is 0.316 e. The maximum Gasteiger partial charge on any atom is 0.316 e. The molecule has 6 rings (SSSR count). The summed E-state index contributed by atoms with van der Waals surface area (Å²) in [6, 6.07) is 7.66. The number of fused-ring (bicyclic) bond motifs is 1. The van der Waals surface area contributed by atoms with Crippen LogP contribution in [0.5, 0.6) is 5.75 Å². The van der Waals surface area contributed by atoms with Crippen molar-refractivity contribution < 1.29 is 33.3 Å². The average Bonchev–Trinajstić information content (AvgIpc) is 3.67. The van der Waals surface area contributed by atoms with E-state index < -0.39 is 22.9 Å². The number of aliphatic carboxylic acids is 1. The minimum Gasteiger partial charge on any atom is -0.496 e. The third-order valence-corrected chi connectivity index (χ3v) is 9.50. The molecule has 0 amide bonds. The highest BCUT2D eigenvalue weighted by molar-refractivity contribution is 7.22. The topological polar surface area (TPSA) is 135 Å². The van der Waals surface area contributed by atoms with Crippen LogP contribution in [0.4, 0.5) is 0 Å². The Hall–Kier alpha value is -3.58. The molecule has 12 heteroatoms. The molecule has 0 radical (unpaired) electrons. The SMILES string of the molecule is COc1ccccc1[C@@H](Cn1nc(C2(C(=O)O)CCOCC2)c(=O)c2c(C)c(-c3ncco3)sc21)OC1CCOCC1. The zero-order chi connectivity index (χ0) is 29.3. The molecule has 0 bridgehead atoms. The average molecular weight is 596 g/mol. The predicted octanol–water partition coefficient (Wildman–Crippen LogP) is 4.50. The highest BCUT2D eigenvalue weighted by Crippen LogP contribution is 2.40. The number of aryl methyl sites for hydroxylation is 1. The zero-order valence-electron chi connectivity index (χ0n) is 23.5. The molecule has 222 valence electrons. The second kappa shape index (κ2) is 12.0. The van der Waals surface area contributed by atoms with Crippen molar-refractivity contribution in [3.63, 3.8) is 0 Å². The normalized spacial score (nSPS) is 18.2. The quantitative estimate of drug-likeness (QED) is 0.295. The van der Waals surface area contributed by atoms with E-state index in [1.165, 1.54) is 17.6 Å². The Morgan fingerprint density at radius 1 is 1.19 bits per heavy atom. The molecule has 2 saturated heterocycles. The molecular weight excluding hydrogens is 562 g/mol. The summed E-state index contributed by atoms with van der Waals surface area (Å²) in [6.07, 6.45) is 4.29. The van der Waals surface area contributed by atoms with Gasteiger partial charge in [0.2, 0.25) is 11.3 Å². The Morgan fingerprint density at radius 3 is 2.62 bits per heavy atom. The predicted molar refractivity (Wildman–Crippen MR) is 154 cm³/mol. The van der Waals surface area contributed by atoms with Crippen LogP contribution in [0.3, 0.4) is 0 Å². The zero-order valence-corrected chi connectivity index (χ0v) is 24.4. The summed E-state index contributed by atoms with van der Waals surface area (Å²) in [7, 11) is 1.62. The number of aromatic nitrogens is 3. The van der Waals surface area contributed by atoms with Crippen LogP contribution in [-0.4, -0.2) is 65.5 Å². The van der Waals surface area contributed by atoms with Crippen LogP contribution >= 0.6 is 11.3 Å². The number of nitrogens with zero attached hydrogens (tertiary/aromatic N) is 3. The molecule has 0 saturated carbocycles. The van der Waals surface area contributed by atoms with E-state index in [1.54, 1.807) is 18.0 Å². The summed E-state index contributed by atoms with van der Waals surface area (Å²) in [5.74, 6) is -0.0249. The molecule has 0 aliphatic carbocycles. The van der Waals surface area contributed by atoms with E-state index in [4.69, 9.17) is 28.5 Å². The van der Waals surface area contributed by atoms with E-state index in [9.17, 15) is 14.7 Å². The van der Waals surface area contributed by atoms with Crippen molar-refractivity contribution in [3.8, 4) is 16.5 Å². The number of carboxylic acid groups (broad SMARTS) is 1. The molecule has 1 aromatic carbocycles. The van der Waals surface area contributed by atoms with Crippen molar-refractivity contribution in [3.05, 3.63) is 63.8 Å². The van der Waals surface area contributed by atoms with E-state index >= 15 is 0 Å². The van der Waals surface area contributed by atoms with Gasteiger partial charge in [-0.3, -0.25) is 14.3 Å². The van der Waals surface area contributed by atoms with E-state index in [0.717, 1.165) is 18.4 Å². The van der Waals surface area contributed by atoms with Gasteiger partial charge in [0.15, 0.2) is 0 Å². The Labute approximate surface area is 246 Å². The van der Waals surface area contributed by atoms with Crippen molar-refractivity contribution in [1.82, 2.24) is 14.8 Å². The van der Waals surface area contributed by atoms with Crippen LogP contribution in [0.2, 0.25) is 0 Å². The minimum absolute atomic E-state index is 0.00972. The van der Waals surface area contributed by atoms with Gasteiger partial charge in [-0.05, 0) is 44.2 Å². The van der Waals surface area contributed by atoms with Crippen LogP contribution in [0.15, 0.2) is 45.9 Å². The molecule has 11 nitrogen and oxygen atoms in total. The van der Waals surface area contributed by atoms with Crippen molar-refractivity contribution in [2.75, 3.05) is 33.5 Å². The van der Waals surface area contributed by atoms with Crippen LogP contribution in [0.25, 0.3) is 21.0 Å². The minimum atomic E-state index is -1.47. The first-order valence-electron chi connectivity index (χ1n) is 14.0. The number of methoxy groups -OCH3 is 1. The summed E-state index contributed by atoms with van der Waals surface area (Å²) in [6.45, 7) is 3.74. The van der Waals surface area contributed by atoms with Gasteiger partial charge in [0.1, 0.15) is 34.1 Å². The first-order valence-corrected chi connectivity index (χ1v) is 14.9. The van der Waals surface area contributed by atoms with E-state index in [2.05, 4.69) is 4.98 Å². The summed E-state index contributed by atoms with van der Waals surface area (Å²) < 4.78 is 30.8. The van der Waals surface area contributed by atoms with E-state index in [0.29, 0.717) is 45.5 Å². The Morgan fingerprint density at radius 2 is 1.93 bits per heavy atom. The summed E-state index contributed by atoms with van der Waals surface area (Å²) in [5, 5.41) is 15.7. The Bertz CT molecular complexity index is 1620. The molecule has 1 atom stereocenters. The van der Waals surface area contributed by atoms with Crippen molar-refractivity contribution in [2.45, 2.75) is 56.8 Å². The Balaban J connectivity index is 1.55. The molecule has 4 aromatic rings. The first kappa shape index (κ1) is 28.5. The maximum atomic E-state index is 14.2. The van der Waals surface area contributed by atoms with E-state index in [1.807, 2.05) is 31.2 Å². The molecular formula is C30H33N3O8S. The second-order valence-corrected chi connectivity index (χ2v) is 11.6. The van der Waals surface area contributed by atoms with Gasteiger partial charge in [0.05, 0.1) is 36.2 Å². The number of ether oxygens (including phenoxy) is 4. The van der Waals surface area contributed by atoms with Crippen molar-refractivity contribution in [2.24, 2.45) is 0 Å². The molecule has 2 aliphatic heterocycles. The summed E-state index contributed by atoms with van der Waals surface area (Å²) >= 11 is 1.34. The van der Waals surface area contributed by atoms with Crippen molar-refractivity contribution in [1.29, 1.82) is 0 Å². The number of hydrogen-bond acceptors (Lipinski definition) is 10. The number of para-hydroxylation sites is 1. The van der Waals surface area contributed by atoms with Gasteiger partial charge in [0, 0.05) is 32.0 Å². The van der Waals surface area contributed by atoms with Crippen LogP contribution in [0, 0.1) is 6.92 Å². The van der Waals surface area contributed by atoms with Crippen LogP contribution in [0.1, 0.15) is 48.6 Å². The fourth-order valence-electron chi connectivity index (χ4n) is 5.87. The van der Waals surface area contributed by atoms with Crippen LogP contribution < -0.4 is 10.2 Å². The van der Waals surface area contributed by atoms with Crippen LogP contribution in [-0.2, 0) is 31.0 Å². The van der Waals surface area contributed by atoms with Gasteiger partial charge in [-0.2, -0.15) is 5.10 Å². The number of benzene rings is 1. The fraction of sp³-hybridized carbons (Fsp3) is 0.467. The van der Waals surface area contributed by atoms with E-state index in [-0.39, 0.29) is 44.4 Å². The lowest BCUT2D eigenvalue weighted by atomic mass is 9.76. The van der Waals surface area contributed by atoms with Crippen molar-refractivity contribution >= 4 is 27.5 Å². The van der Waals surface area contributed by atoms with Gasteiger partial charge in [-0.15, -0.1) is 11.3 Å². The lowest BCUT2D eigenvalue weighted by molar-refractivity contribution is -0.148. The number of carbonyl (C=O) groups is 1. The molecule has 2 fully saturated rings. The summed E-state index contributed by atoms with van der Waals surface area (Å²) in [5.41, 5.74) is -0.343. The largest absolute Gasteiger partial charge is 0.496 e. The molecule has 0 unspecified atom stereocenters. The maximum absolute atomic E-state index is 14.2. The number of rotatable bonds is 9.